The summed E-state index contributed by atoms with van der Waals surface area (Å²) in [7, 11) is 0. The molecule has 2 unspecified atom stereocenters. The molecule has 1 aromatic rings. The highest BCUT2D eigenvalue weighted by Gasteiger charge is 2.25. The van der Waals surface area contributed by atoms with Crippen molar-refractivity contribution in [1.82, 2.24) is 10.2 Å². The molecule has 0 amide bonds. The lowest BCUT2D eigenvalue weighted by Crippen LogP contribution is -2.36. The first-order chi connectivity index (χ1) is 8.97. The summed E-state index contributed by atoms with van der Waals surface area (Å²) >= 11 is 0. The molecule has 0 bridgehead atoms. The van der Waals surface area contributed by atoms with E-state index in [0.717, 1.165) is 18.7 Å². The summed E-state index contributed by atoms with van der Waals surface area (Å²) < 4.78 is 13.6. The Labute approximate surface area is 116 Å². The largest absolute Gasteiger partial charge is 0.306 e. The van der Waals surface area contributed by atoms with Gasteiger partial charge in [-0.05, 0) is 57.9 Å². The standard InChI is InChI=1S/C16H25FN2/c1-11(2)19-8-7-15(10-19)18-13(4)14-6-5-12(3)16(17)9-14/h5-6,9,11,13,15,18H,7-8,10H2,1-4H3. The van der Waals surface area contributed by atoms with Crippen molar-refractivity contribution in [2.24, 2.45) is 0 Å². The van der Waals surface area contributed by atoms with Gasteiger partial charge in [0.25, 0.3) is 0 Å². The van der Waals surface area contributed by atoms with Gasteiger partial charge in [-0.2, -0.15) is 0 Å². The number of nitrogens with zero attached hydrogens (tertiary/aromatic N) is 1. The summed E-state index contributed by atoms with van der Waals surface area (Å²) in [4.78, 5) is 2.49. The maximum Gasteiger partial charge on any atom is 0.126 e. The number of benzene rings is 1. The zero-order valence-corrected chi connectivity index (χ0v) is 12.4. The lowest BCUT2D eigenvalue weighted by molar-refractivity contribution is 0.266. The van der Waals surface area contributed by atoms with Crippen LogP contribution in [-0.4, -0.2) is 30.1 Å². The fraction of sp³-hybridized carbons (Fsp3) is 0.625. The van der Waals surface area contributed by atoms with Gasteiger partial charge in [0, 0.05) is 24.7 Å². The van der Waals surface area contributed by atoms with Crippen molar-refractivity contribution in [1.29, 1.82) is 0 Å². The lowest BCUT2D eigenvalue weighted by Gasteiger charge is -2.23. The molecular formula is C16H25FN2. The quantitative estimate of drug-likeness (QED) is 0.898. The van der Waals surface area contributed by atoms with Gasteiger partial charge in [0.1, 0.15) is 5.82 Å². The highest BCUT2D eigenvalue weighted by molar-refractivity contribution is 5.25. The van der Waals surface area contributed by atoms with Gasteiger partial charge in [0.2, 0.25) is 0 Å². The second kappa shape index (κ2) is 6.02. The van der Waals surface area contributed by atoms with Crippen molar-refractivity contribution in [2.75, 3.05) is 13.1 Å². The van der Waals surface area contributed by atoms with Crippen LogP contribution in [-0.2, 0) is 0 Å². The first-order valence-electron chi connectivity index (χ1n) is 7.23. The molecule has 1 aliphatic heterocycles. The highest BCUT2D eigenvalue weighted by atomic mass is 19.1. The second-order valence-electron chi connectivity index (χ2n) is 5.97. The van der Waals surface area contributed by atoms with Crippen LogP contribution in [0.15, 0.2) is 18.2 Å². The number of rotatable bonds is 4. The number of likely N-dealkylation sites (tertiary alicyclic amines) is 1. The van der Waals surface area contributed by atoms with Crippen molar-refractivity contribution in [3.63, 3.8) is 0 Å². The Bertz CT molecular complexity index is 431. The Morgan fingerprint density at radius 1 is 1.32 bits per heavy atom. The molecule has 1 aliphatic rings. The lowest BCUT2D eigenvalue weighted by atomic mass is 10.0. The number of hydrogen-bond acceptors (Lipinski definition) is 2. The number of aryl methyl sites for hydroxylation is 1. The van der Waals surface area contributed by atoms with Crippen LogP contribution >= 0.6 is 0 Å². The van der Waals surface area contributed by atoms with Crippen molar-refractivity contribution in [3.05, 3.63) is 35.1 Å². The van der Waals surface area contributed by atoms with Gasteiger partial charge in [-0.3, -0.25) is 4.90 Å². The smallest absolute Gasteiger partial charge is 0.126 e. The van der Waals surface area contributed by atoms with E-state index in [0.29, 0.717) is 17.6 Å². The molecule has 2 atom stereocenters. The molecule has 1 heterocycles. The van der Waals surface area contributed by atoms with E-state index in [1.54, 1.807) is 13.0 Å². The predicted octanol–water partition coefficient (Wildman–Crippen LogP) is 3.27. The van der Waals surface area contributed by atoms with E-state index in [9.17, 15) is 4.39 Å². The van der Waals surface area contributed by atoms with E-state index in [-0.39, 0.29) is 11.9 Å². The number of hydrogen-bond donors (Lipinski definition) is 1. The molecule has 2 rings (SSSR count). The normalized spacial score (nSPS) is 22.1. The van der Waals surface area contributed by atoms with E-state index in [1.807, 2.05) is 12.1 Å². The molecule has 1 aromatic carbocycles. The van der Waals surface area contributed by atoms with Crippen molar-refractivity contribution in [3.8, 4) is 0 Å². The molecule has 3 heteroatoms. The Kier molecular flexibility index (Phi) is 4.58. The van der Waals surface area contributed by atoms with E-state index >= 15 is 0 Å². The number of nitrogens with one attached hydrogen (secondary N) is 1. The van der Waals surface area contributed by atoms with Gasteiger partial charge >= 0.3 is 0 Å². The van der Waals surface area contributed by atoms with Crippen molar-refractivity contribution < 1.29 is 4.39 Å². The summed E-state index contributed by atoms with van der Waals surface area (Å²) in [5.41, 5.74) is 1.74. The molecule has 0 spiro atoms. The minimum absolute atomic E-state index is 0.110. The van der Waals surface area contributed by atoms with Gasteiger partial charge in [-0.1, -0.05) is 12.1 Å². The van der Waals surface area contributed by atoms with E-state index < -0.39 is 0 Å². The highest BCUT2D eigenvalue weighted by Crippen LogP contribution is 2.20. The van der Waals surface area contributed by atoms with Gasteiger partial charge in [-0.15, -0.1) is 0 Å². The fourth-order valence-electron chi connectivity index (χ4n) is 2.72. The maximum atomic E-state index is 13.6. The van der Waals surface area contributed by atoms with Crippen molar-refractivity contribution >= 4 is 0 Å². The Morgan fingerprint density at radius 2 is 2.05 bits per heavy atom. The van der Waals surface area contributed by atoms with Gasteiger partial charge in [-0.25, -0.2) is 4.39 Å². The van der Waals surface area contributed by atoms with Crippen LogP contribution in [0.3, 0.4) is 0 Å². The Morgan fingerprint density at radius 3 is 2.63 bits per heavy atom. The van der Waals surface area contributed by atoms with E-state index in [1.165, 1.54) is 6.42 Å². The fourth-order valence-corrected chi connectivity index (χ4v) is 2.72. The number of halogens is 1. The molecule has 0 radical (unpaired) electrons. The average molecular weight is 264 g/mol. The average Bonchev–Trinajstić information content (AvgIpc) is 2.81. The first kappa shape index (κ1) is 14.5. The molecule has 0 aromatic heterocycles. The summed E-state index contributed by atoms with van der Waals surface area (Å²) in [6.45, 7) is 10.6. The van der Waals surface area contributed by atoms with Gasteiger partial charge in [0.15, 0.2) is 0 Å². The Hall–Kier alpha value is -0.930. The third kappa shape index (κ3) is 3.54. The van der Waals surface area contributed by atoms with Crippen LogP contribution in [0.1, 0.15) is 44.4 Å². The Balaban J connectivity index is 1.94. The summed E-state index contributed by atoms with van der Waals surface area (Å²) in [5, 5.41) is 3.62. The monoisotopic (exact) mass is 264 g/mol. The molecule has 2 nitrogen and oxygen atoms in total. The molecule has 1 fully saturated rings. The van der Waals surface area contributed by atoms with Crippen LogP contribution in [0.2, 0.25) is 0 Å². The van der Waals surface area contributed by atoms with Crippen LogP contribution < -0.4 is 5.32 Å². The molecule has 0 saturated carbocycles. The third-order valence-corrected chi connectivity index (χ3v) is 4.13. The van der Waals surface area contributed by atoms with Gasteiger partial charge < -0.3 is 5.32 Å². The molecule has 1 N–H and O–H groups in total. The molecule has 0 aliphatic carbocycles. The second-order valence-corrected chi connectivity index (χ2v) is 5.97. The predicted molar refractivity (Wildman–Crippen MR) is 77.8 cm³/mol. The minimum Gasteiger partial charge on any atom is -0.306 e. The third-order valence-electron chi connectivity index (χ3n) is 4.13. The molecule has 106 valence electrons. The van der Waals surface area contributed by atoms with Crippen LogP contribution in [0, 0.1) is 12.7 Å². The summed E-state index contributed by atoms with van der Waals surface area (Å²) in [6.07, 6.45) is 1.18. The molecule has 1 saturated heterocycles. The van der Waals surface area contributed by atoms with Crippen molar-refractivity contribution in [2.45, 2.75) is 52.2 Å². The zero-order chi connectivity index (χ0) is 14.0. The van der Waals surface area contributed by atoms with Crippen LogP contribution in [0.25, 0.3) is 0 Å². The SMILES string of the molecule is Cc1ccc(C(C)NC2CCN(C(C)C)C2)cc1F. The summed E-state index contributed by atoms with van der Waals surface area (Å²) in [6, 6.07) is 6.86. The minimum atomic E-state index is -0.110. The van der Waals surface area contributed by atoms with E-state index in [4.69, 9.17) is 0 Å². The van der Waals surface area contributed by atoms with E-state index in [2.05, 4.69) is 31.0 Å². The van der Waals surface area contributed by atoms with Gasteiger partial charge in [0.05, 0.1) is 0 Å². The maximum absolute atomic E-state index is 13.6. The molecular weight excluding hydrogens is 239 g/mol. The van der Waals surface area contributed by atoms with Crippen LogP contribution in [0.5, 0.6) is 0 Å². The molecule has 19 heavy (non-hydrogen) atoms. The zero-order valence-electron chi connectivity index (χ0n) is 12.4. The first-order valence-corrected chi connectivity index (χ1v) is 7.23. The topological polar surface area (TPSA) is 15.3 Å². The van der Waals surface area contributed by atoms with Crippen LogP contribution in [0.4, 0.5) is 4.39 Å². The summed E-state index contributed by atoms with van der Waals surface area (Å²) in [5.74, 6) is -0.110.